The zero-order valence-corrected chi connectivity index (χ0v) is 17.7. The van der Waals surface area contributed by atoms with E-state index >= 15 is 0 Å². The van der Waals surface area contributed by atoms with Crippen molar-refractivity contribution in [1.82, 2.24) is 13.9 Å². The van der Waals surface area contributed by atoms with Crippen LogP contribution in [-0.4, -0.2) is 48.0 Å². The highest BCUT2D eigenvalue weighted by atomic mass is 32.2. The van der Waals surface area contributed by atoms with E-state index in [-0.39, 0.29) is 11.4 Å². The van der Waals surface area contributed by atoms with E-state index in [2.05, 4.69) is 5.10 Å². The number of hydrogen-bond acceptors (Lipinski definition) is 7. The summed E-state index contributed by atoms with van der Waals surface area (Å²) in [5.41, 5.74) is 0.0612. The summed E-state index contributed by atoms with van der Waals surface area (Å²) in [4.78, 5) is 25.3. The van der Waals surface area contributed by atoms with Crippen molar-refractivity contribution >= 4 is 21.6 Å². The van der Waals surface area contributed by atoms with Crippen molar-refractivity contribution in [3.8, 4) is 0 Å². The summed E-state index contributed by atoms with van der Waals surface area (Å²) in [7, 11) is -0.986. The van der Waals surface area contributed by atoms with E-state index in [1.54, 1.807) is 24.3 Å². The number of aromatic nitrogens is 1. The number of sulfonamides is 1. The van der Waals surface area contributed by atoms with Crippen LogP contribution in [0.3, 0.4) is 0 Å². The molecule has 1 amide bonds. The third kappa shape index (κ3) is 3.97. The Bertz CT molecular complexity index is 1270. The first-order valence-electron chi connectivity index (χ1n) is 9.37. The zero-order valence-electron chi connectivity index (χ0n) is 16.8. The lowest BCUT2D eigenvalue weighted by Crippen LogP contribution is -2.34. The lowest BCUT2D eigenvalue weighted by Gasteiger charge is -2.20. The minimum absolute atomic E-state index is 0.0892. The lowest BCUT2D eigenvalue weighted by atomic mass is 10.1. The number of rotatable bonds is 6. The van der Waals surface area contributed by atoms with E-state index < -0.39 is 27.5 Å². The van der Waals surface area contributed by atoms with E-state index in [0.29, 0.717) is 23.7 Å². The quantitative estimate of drug-likeness (QED) is 0.571. The molecule has 0 saturated carbocycles. The highest BCUT2D eigenvalue weighted by Crippen LogP contribution is 2.33. The van der Waals surface area contributed by atoms with Crippen LogP contribution in [0.5, 0.6) is 0 Å². The molecule has 10 nitrogen and oxygen atoms in total. The Morgan fingerprint density at radius 1 is 1.16 bits per heavy atom. The monoisotopic (exact) mass is 444 g/mol. The second-order valence-electron chi connectivity index (χ2n) is 7.12. The van der Waals surface area contributed by atoms with Crippen LogP contribution >= 0.6 is 0 Å². The SMILES string of the molecule is CN(C)S(=O)(=O)c1ccc(=O)n(CC(=O)N2N=C(c3ccco3)C[C@H]2c2ccco2)c1. The van der Waals surface area contributed by atoms with Crippen molar-refractivity contribution in [1.29, 1.82) is 0 Å². The Kier molecular flexibility index (Phi) is 5.38. The fourth-order valence-corrected chi connectivity index (χ4v) is 4.17. The second kappa shape index (κ2) is 8.00. The maximum Gasteiger partial charge on any atom is 0.263 e. The molecule has 31 heavy (non-hydrogen) atoms. The maximum atomic E-state index is 13.1. The molecule has 0 fully saturated rings. The molecule has 0 bridgehead atoms. The molecular formula is C20H20N4O6S. The van der Waals surface area contributed by atoms with Gasteiger partial charge in [-0.05, 0) is 30.3 Å². The van der Waals surface area contributed by atoms with Gasteiger partial charge in [0.25, 0.3) is 11.5 Å². The summed E-state index contributed by atoms with van der Waals surface area (Å²) < 4.78 is 37.7. The number of nitrogens with zero attached hydrogens (tertiary/aromatic N) is 4. The van der Waals surface area contributed by atoms with Crippen LogP contribution in [0.25, 0.3) is 0 Å². The average Bonchev–Trinajstić information content (AvgIpc) is 3.49. The average molecular weight is 444 g/mol. The molecule has 0 radical (unpaired) electrons. The van der Waals surface area contributed by atoms with Gasteiger partial charge < -0.3 is 13.4 Å². The lowest BCUT2D eigenvalue weighted by molar-refractivity contribution is -0.134. The standard InChI is InChI=1S/C20H20N4O6S/c1-22(2)31(27,28)14-7-8-19(25)23(12-14)13-20(26)24-16(18-6-4-10-30-18)11-15(21-24)17-5-3-9-29-17/h3-10,12,16H,11,13H2,1-2H3/t16-/m0/s1. The summed E-state index contributed by atoms with van der Waals surface area (Å²) in [6, 6.07) is 8.74. The van der Waals surface area contributed by atoms with Crippen molar-refractivity contribution in [2.24, 2.45) is 5.10 Å². The van der Waals surface area contributed by atoms with Crippen molar-refractivity contribution < 1.29 is 22.0 Å². The third-order valence-corrected chi connectivity index (χ3v) is 6.68. The highest BCUT2D eigenvalue weighted by Gasteiger charge is 2.36. The summed E-state index contributed by atoms with van der Waals surface area (Å²) in [5.74, 6) is 0.572. The number of carbonyl (C=O) groups excluding carboxylic acids is 1. The summed E-state index contributed by atoms with van der Waals surface area (Å²) >= 11 is 0. The van der Waals surface area contributed by atoms with Crippen molar-refractivity contribution in [2.45, 2.75) is 23.9 Å². The van der Waals surface area contributed by atoms with Gasteiger partial charge in [0, 0.05) is 32.8 Å². The van der Waals surface area contributed by atoms with E-state index in [1.807, 2.05) is 0 Å². The molecule has 0 unspecified atom stereocenters. The molecule has 1 aliphatic heterocycles. The van der Waals surface area contributed by atoms with Gasteiger partial charge in [0.15, 0.2) is 0 Å². The normalized spacial score (nSPS) is 16.7. The number of hydrogen-bond donors (Lipinski definition) is 0. The molecule has 0 saturated heterocycles. The van der Waals surface area contributed by atoms with Crippen LogP contribution in [0, 0.1) is 0 Å². The van der Waals surface area contributed by atoms with Gasteiger partial charge in [0.2, 0.25) is 10.0 Å². The Balaban J connectivity index is 1.66. The van der Waals surface area contributed by atoms with E-state index in [0.717, 1.165) is 21.1 Å². The van der Waals surface area contributed by atoms with E-state index in [9.17, 15) is 18.0 Å². The molecule has 4 heterocycles. The second-order valence-corrected chi connectivity index (χ2v) is 9.27. The van der Waals surface area contributed by atoms with Crippen LogP contribution in [0.4, 0.5) is 0 Å². The molecule has 0 spiro atoms. The topological polar surface area (TPSA) is 118 Å². The molecule has 0 aromatic carbocycles. The number of hydrazone groups is 1. The molecule has 1 atom stereocenters. The van der Waals surface area contributed by atoms with Gasteiger partial charge in [-0.3, -0.25) is 9.59 Å². The fourth-order valence-electron chi connectivity index (χ4n) is 3.25. The van der Waals surface area contributed by atoms with Crippen molar-refractivity contribution in [3.05, 3.63) is 77.0 Å². The van der Waals surface area contributed by atoms with Gasteiger partial charge >= 0.3 is 0 Å². The molecule has 4 rings (SSSR count). The first kappa shape index (κ1) is 20.8. The van der Waals surface area contributed by atoms with Gasteiger partial charge in [-0.2, -0.15) is 5.10 Å². The smallest absolute Gasteiger partial charge is 0.263 e. The number of furan rings is 2. The molecule has 3 aromatic rings. The van der Waals surface area contributed by atoms with Gasteiger partial charge in [0.1, 0.15) is 29.8 Å². The number of amides is 1. The fraction of sp³-hybridized carbons (Fsp3) is 0.250. The molecule has 162 valence electrons. The highest BCUT2D eigenvalue weighted by molar-refractivity contribution is 7.89. The van der Waals surface area contributed by atoms with E-state index in [1.165, 1.54) is 37.7 Å². The van der Waals surface area contributed by atoms with Crippen LogP contribution < -0.4 is 5.56 Å². The number of pyridine rings is 1. The predicted molar refractivity (Wildman–Crippen MR) is 110 cm³/mol. The van der Waals surface area contributed by atoms with Crippen LogP contribution in [-0.2, 0) is 21.4 Å². The third-order valence-electron chi connectivity index (χ3n) is 4.88. The van der Waals surface area contributed by atoms with Gasteiger partial charge in [0.05, 0.1) is 17.4 Å². The Hall–Kier alpha value is -3.44. The largest absolute Gasteiger partial charge is 0.467 e. The Morgan fingerprint density at radius 2 is 1.90 bits per heavy atom. The van der Waals surface area contributed by atoms with Gasteiger partial charge in [-0.25, -0.2) is 17.7 Å². The Morgan fingerprint density at radius 3 is 2.55 bits per heavy atom. The molecule has 1 aliphatic rings. The summed E-state index contributed by atoms with van der Waals surface area (Å²) in [6.45, 7) is -0.387. The van der Waals surface area contributed by atoms with Crippen LogP contribution in [0.1, 0.15) is 24.0 Å². The zero-order chi connectivity index (χ0) is 22.2. The van der Waals surface area contributed by atoms with Crippen LogP contribution in [0.15, 0.2) is 78.7 Å². The van der Waals surface area contributed by atoms with Crippen LogP contribution in [0.2, 0.25) is 0 Å². The Labute approximate surface area is 178 Å². The van der Waals surface area contributed by atoms with E-state index in [4.69, 9.17) is 8.83 Å². The van der Waals surface area contributed by atoms with Crippen molar-refractivity contribution in [3.63, 3.8) is 0 Å². The molecular weight excluding hydrogens is 424 g/mol. The maximum absolute atomic E-state index is 13.1. The molecule has 0 aliphatic carbocycles. The number of carbonyl (C=O) groups is 1. The van der Waals surface area contributed by atoms with Gasteiger partial charge in [-0.15, -0.1) is 0 Å². The summed E-state index contributed by atoms with van der Waals surface area (Å²) in [6.07, 6.45) is 4.55. The molecule has 0 N–H and O–H groups in total. The van der Waals surface area contributed by atoms with Gasteiger partial charge in [-0.1, -0.05) is 0 Å². The molecule has 3 aromatic heterocycles. The minimum atomic E-state index is -3.76. The first-order chi connectivity index (χ1) is 14.8. The summed E-state index contributed by atoms with van der Waals surface area (Å²) in [5, 5.41) is 5.64. The van der Waals surface area contributed by atoms with Crippen molar-refractivity contribution in [2.75, 3.05) is 14.1 Å². The minimum Gasteiger partial charge on any atom is -0.467 e. The predicted octanol–water partition coefficient (Wildman–Crippen LogP) is 1.66. The molecule has 11 heteroatoms. The first-order valence-corrected chi connectivity index (χ1v) is 10.8.